The molecule has 0 N–H and O–H groups in total. The molecule has 1 unspecified atom stereocenters. The van der Waals surface area contributed by atoms with Crippen LogP contribution in [-0.2, 0) is 9.53 Å². The van der Waals surface area contributed by atoms with Gasteiger partial charge in [0.25, 0.3) is 0 Å². The molecule has 3 heteroatoms. The summed E-state index contributed by atoms with van der Waals surface area (Å²) < 4.78 is 6.36. The van der Waals surface area contributed by atoms with Crippen LogP contribution in [0.3, 0.4) is 0 Å². The first-order valence-corrected chi connectivity index (χ1v) is 5.73. The number of aryl methyl sites for hydroxylation is 1. The van der Waals surface area contributed by atoms with Gasteiger partial charge in [-0.25, -0.2) is 0 Å². The fraction of sp³-hybridized carbons (Fsp3) is 0.417. The molecule has 0 aromatic heterocycles. The number of hydrogen-bond donors (Lipinski definition) is 0. The van der Waals surface area contributed by atoms with Gasteiger partial charge in [0.05, 0.1) is 0 Å². The van der Waals surface area contributed by atoms with Crippen LogP contribution in [0.1, 0.15) is 31.1 Å². The van der Waals surface area contributed by atoms with Gasteiger partial charge in [0.15, 0.2) is 5.78 Å². The molecular weight excluding hydrogens is 256 g/mol. The summed E-state index contributed by atoms with van der Waals surface area (Å²) in [7, 11) is 0. The van der Waals surface area contributed by atoms with Crippen molar-refractivity contribution in [1.29, 1.82) is 0 Å². The zero-order valence-electron chi connectivity index (χ0n) is 9.21. The fourth-order valence-corrected chi connectivity index (χ4v) is 2.14. The molecule has 1 rings (SSSR count). The Labute approximate surface area is 98.8 Å². The highest BCUT2D eigenvalue weighted by molar-refractivity contribution is 9.10. The van der Waals surface area contributed by atoms with E-state index in [1.165, 1.54) is 0 Å². The monoisotopic (exact) mass is 270 g/mol. The maximum Gasteiger partial charge on any atom is 0.163 e. The van der Waals surface area contributed by atoms with E-state index in [1.54, 1.807) is 6.92 Å². The lowest BCUT2D eigenvalue weighted by Gasteiger charge is -2.16. The molecule has 2 nitrogen and oxygen atoms in total. The fourth-order valence-electron chi connectivity index (χ4n) is 1.44. The van der Waals surface area contributed by atoms with Crippen molar-refractivity contribution in [2.24, 2.45) is 0 Å². The molecule has 0 saturated heterocycles. The lowest BCUT2D eigenvalue weighted by atomic mass is 10.0. The third-order valence-electron chi connectivity index (χ3n) is 2.14. The summed E-state index contributed by atoms with van der Waals surface area (Å²) in [5.74, 6) is 0.0291. The van der Waals surface area contributed by atoms with Crippen molar-refractivity contribution in [3.8, 4) is 0 Å². The Morgan fingerprint density at radius 2 is 2.20 bits per heavy atom. The van der Waals surface area contributed by atoms with E-state index in [9.17, 15) is 4.79 Å². The van der Waals surface area contributed by atoms with Crippen LogP contribution in [0, 0.1) is 6.92 Å². The van der Waals surface area contributed by atoms with Crippen LogP contribution in [0.4, 0.5) is 0 Å². The van der Waals surface area contributed by atoms with E-state index in [-0.39, 0.29) is 5.78 Å². The summed E-state index contributed by atoms with van der Waals surface area (Å²) in [6.45, 7) is 5.98. The highest BCUT2D eigenvalue weighted by atomic mass is 79.9. The molecule has 0 aliphatic rings. The average molecular weight is 271 g/mol. The normalized spacial score (nSPS) is 12.5. The number of halogens is 1. The summed E-state index contributed by atoms with van der Waals surface area (Å²) in [6, 6.07) is 5.90. The molecule has 0 fully saturated rings. The second-order valence-corrected chi connectivity index (χ2v) is 4.33. The van der Waals surface area contributed by atoms with Crippen molar-refractivity contribution in [3.05, 3.63) is 33.8 Å². The lowest BCUT2D eigenvalue weighted by molar-refractivity contribution is -0.128. The van der Waals surface area contributed by atoms with E-state index in [1.807, 2.05) is 32.0 Å². The number of benzene rings is 1. The van der Waals surface area contributed by atoms with Gasteiger partial charge in [0, 0.05) is 16.6 Å². The number of ether oxygens (including phenoxy) is 1. The van der Waals surface area contributed by atoms with Gasteiger partial charge in [-0.3, -0.25) is 4.79 Å². The largest absolute Gasteiger partial charge is 0.366 e. The van der Waals surface area contributed by atoms with Gasteiger partial charge < -0.3 is 4.74 Å². The Balaban J connectivity index is 3.05. The molecule has 0 bridgehead atoms. The third-order valence-corrected chi connectivity index (χ3v) is 2.83. The Hall–Kier alpha value is -0.670. The van der Waals surface area contributed by atoms with Crippen molar-refractivity contribution in [2.45, 2.75) is 26.9 Å². The second kappa shape index (κ2) is 5.42. The molecule has 1 aromatic carbocycles. The topological polar surface area (TPSA) is 26.3 Å². The van der Waals surface area contributed by atoms with E-state index in [2.05, 4.69) is 15.9 Å². The number of carbonyl (C=O) groups excluding carboxylic acids is 1. The van der Waals surface area contributed by atoms with Gasteiger partial charge >= 0.3 is 0 Å². The molecule has 0 radical (unpaired) electrons. The van der Waals surface area contributed by atoms with Gasteiger partial charge in [-0.1, -0.05) is 28.1 Å². The van der Waals surface area contributed by atoms with E-state index in [0.29, 0.717) is 6.61 Å². The second-order valence-electron chi connectivity index (χ2n) is 3.47. The van der Waals surface area contributed by atoms with E-state index < -0.39 is 6.10 Å². The molecule has 0 heterocycles. The van der Waals surface area contributed by atoms with Crippen LogP contribution >= 0.6 is 15.9 Å². The summed E-state index contributed by atoms with van der Waals surface area (Å²) in [4.78, 5) is 11.4. The number of hydrogen-bond acceptors (Lipinski definition) is 2. The molecular formula is C12H15BrO2. The minimum Gasteiger partial charge on any atom is -0.366 e. The average Bonchev–Trinajstić information content (AvgIpc) is 2.15. The van der Waals surface area contributed by atoms with Crippen LogP contribution in [0.15, 0.2) is 22.7 Å². The van der Waals surface area contributed by atoms with Gasteiger partial charge in [-0.15, -0.1) is 0 Å². The Bertz CT molecular complexity index is 361. The van der Waals surface area contributed by atoms with Crippen molar-refractivity contribution in [1.82, 2.24) is 0 Å². The number of rotatable bonds is 4. The van der Waals surface area contributed by atoms with Crippen LogP contribution in [0.5, 0.6) is 0 Å². The first-order chi connectivity index (χ1) is 7.06. The minimum atomic E-state index is -0.454. The first-order valence-electron chi connectivity index (χ1n) is 4.94. The maximum absolute atomic E-state index is 11.4. The highest BCUT2D eigenvalue weighted by Gasteiger charge is 2.19. The molecule has 0 aliphatic heterocycles. The first kappa shape index (κ1) is 12.4. The minimum absolute atomic E-state index is 0.0291. The summed E-state index contributed by atoms with van der Waals surface area (Å²) >= 11 is 3.45. The molecule has 0 amide bonds. The highest BCUT2D eigenvalue weighted by Crippen LogP contribution is 2.27. The van der Waals surface area contributed by atoms with Gasteiger partial charge in [0.1, 0.15) is 6.10 Å². The van der Waals surface area contributed by atoms with Gasteiger partial charge in [-0.2, -0.15) is 0 Å². The Kier molecular flexibility index (Phi) is 4.48. The predicted octanol–water partition coefficient (Wildman–Crippen LogP) is 3.42. The van der Waals surface area contributed by atoms with Crippen molar-refractivity contribution in [3.63, 3.8) is 0 Å². The molecule has 0 spiro atoms. The van der Waals surface area contributed by atoms with E-state index in [4.69, 9.17) is 4.74 Å². The standard InChI is InChI=1S/C12H15BrO2/c1-4-15-12(9(3)14)10-6-5-8(2)7-11(10)13/h5-7,12H,4H2,1-3H3. The zero-order valence-corrected chi connectivity index (χ0v) is 10.8. The molecule has 82 valence electrons. The third kappa shape index (κ3) is 3.14. The number of Topliss-reactive ketones (excluding diaryl/α,β-unsaturated/α-hetero) is 1. The molecule has 0 saturated carbocycles. The van der Waals surface area contributed by atoms with Crippen molar-refractivity contribution >= 4 is 21.7 Å². The SMILES string of the molecule is CCOC(C(C)=O)c1ccc(C)cc1Br. The van der Waals surface area contributed by atoms with Crippen LogP contribution in [0.2, 0.25) is 0 Å². The van der Waals surface area contributed by atoms with Crippen LogP contribution in [0.25, 0.3) is 0 Å². The van der Waals surface area contributed by atoms with Crippen molar-refractivity contribution < 1.29 is 9.53 Å². The van der Waals surface area contributed by atoms with Crippen LogP contribution < -0.4 is 0 Å². The molecule has 15 heavy (non-hydrogen) atoms. The molecule has 0 aliphatic carbocycles. The lowest BCUT2D eigenvalue weighted by Crippen LogP contribution is -2.13. The van der Waals surface area contributed by atoms with E-state index in [0.717, 1.165) is 15.6 Å². The quantitative estimate of drug-likeness (QED) is 0.838. The maximum atomic E-state index is 11.4. The Morgan fingerprint density at radius 1 is 1.53 bits per heavy atom. The smallest absolute Gasteiger partial charge is 0.163 e. The summed E-state index contributed by atoms with van der Waals surface area (Å²) in [6.07, 6.45) is -0.454. The van der Waals surface area contributed by atoms with Gasteiger partial charge in [0.2, 0.25) is 0 Å². The van der Waals surface area contributed by atoms with Gasteiger partial charge in [-0.05, 0) is 32.4 Å². The summed E-state index contributed by atoms with van der Waals surface area (Å²) in [5.41, 5.74) is 2.05. The predicted molar refractivity (Wildman–Crippen MR) is 63.9 cm³/mol. The van der Waals surface area contributed by atoms with Crippen molar-refractivity contribution in [2.75, 3.05) is 6.61 Å². The number of carbonyl (C=O) groups is 1. The van der Waals surface area contributed by atoms with E-state index >= 15 is 0 Å². The molecule has 1 atom stereocenters. The molecule has 1 aromatic rings. The van der Waals surface area contributed by atoms with Crippen LogP contribution in [-0.4, -0.2) is 12.4 Å². The Morgan fingerprint density at radius 3 is 2.67 bits per heavy atom. The number of ketones is 1. The summed E-state index contributed by atoms with van der Waals surface area (Å²) in [5, 5.41) is 0. The zero-order chi connectivity index (χ0) is 11.4.